The van der Waals surface area contributed by atoms with E-state index in [-0.39, 0.29) is 36.6 Å². The summed E-state index contributed by atoms with van der Waals surface area (Å²) >= 11 is 1.57. The van der Waals surface area contributed by atoms with E-state index in [1.165, 1.54) is 4.90 Å². The molecule has 0 aromatic heterocycles. The number of benzene rings is 1. The Balaban J connectivity index is 2.14. The zero-order valence-electron chi connectivity index (χ0n) is 21.5. The van der Waals surface area contributed by atoms with Crippen LogP contribution >= 0.6 is 11.8 Å². The third-order valence-electron chi connectivity index (χ3n) is 5.64. The van der Waals surface area contributed by atoms with Crippen LogP contribution in [0.15, 0.2) is 29.2 Å². The molecule has 5 N–H and O–H groups in total. The van der Waals surface area contributed by atoms with Gasteiger partial charge in [-0.05, 0) is 48.6 Å². The van der Waals surface area contributed by atoms with Gasteiger partial charge >= 0.3 is 6.03 Å². The van der Waals surface area contributed by atoms with Gasteiger partial charge in [0.05, 0.1) is 6.04 Å². The molecule has 0 aliphatic carbocycles. The molecule has 1 fully saturated rings. The van der Waals surface area contributed by atoms with Crippen molar-refractivity contribution >= 4 is 41.2 Å². The molecule has 9 nitrogen and oxygen atoms in total. The molecule has 2 rings (SSSR count). The number of anilines is 1. The van der Waals surface area contributed by atoms with Crippen LogP contribution < -0.4 is 21.7 Å². The number of nitrogens with one attached hydrogen (secondary N) is 3. The molecule has 10 heteroatoms. The van der Waals surface area contributed by atoms with Crippen LogP contribution in [0.3, 0.4) is 0 Å². The van der Waals surface area contributed by atoms with Gasteiger partial charge in [0.15, 0.2) is 0 Å². The predicted molar refractivity (Wildman–Crippen MR) is 139 cm³/mol. The molecular weight excluding hydrogens is 466 g/mol. The highest BCUT2D eigenvalue weighted by Gasteiger charge is 2.41. The average molecular weight is 506 g/mol. The van der Waals surface area contributed by atoms with Crippen LogP contribution in [-0.2, 0) is 14.4 Å². The van der Waals surface area contributed by atoms with Crippen molar-refractivity contribution in [3.63, 3.8) is 0 Å². The molecule has 1 aromatic carbocycles. The van der Waals surface area contributed by atoms with Crippen molar-refractivity contribution in [1.82, 2.24) is 15.5 Å². The zero-order chi connectivity index (χ0) is 26.3. The normalized spacial score (nSPS) is 18.8. The lowest BCUT2D eigenvalue weighted by atomic mass is 9.91. The van der Waals surface area contributed by atoms with Crippen molar-refractivity contribution in [2.24, 2.45) is 17.1 Å². The van der Waals surface area contributed by atoms with E-state index in [0.717, 1.165) is 4.90 Å². The van der Waals surface area contributed by atoms with Crippen LogP contribution in [0.4, 0.5) is 10.5 Å². The summed E-state index contributed by atoms with van der Waals surface area (Å²) in [5.74, 6) is -1.07. The Morgan fingerprint density at radius 3 is 2.46 bits per heavy atom. The van der Waals surface area contributed by atoms with Gasteiger partial charge in [0.25, 0.3) is 0 Å². The summed E-state index contributed by atoms with van der Waals surface area (Å²) in [6.45, 7) is 9.93. The van der Waals surface area contributed by atoms with E-state index < -0.39 is 36.0 Å². The first kappa shape index (κ1) is 28.5. The van der Waals surface area contributed by atoms with Crippen LogP contribution in [0.2, 0.25) is 0 Å². The topological polar surface area (TPSA) is 134 Å². The number of primary amides is 1. The number of nitrogens with two attached hydrogens (primary N) is 1. The zero-order valence-corrected chi connectivity index (χ0v) is 22.3. The maximum absolute atomic E-state index is 13.2. The molecule has 3 unspecified atom stereocenters. The van der Waals surface area contributed by atoms with E-state index in [2.05, 4.69) is 16.0 Å². The number of likely N-dealkylation sites (tertiary alicyclic amines) is 1. The lowest BCUT2D eigenvalue weighted by molar-refractivity contribution is -0.140. The monoisotopic (exact) mass is 505 g/mol. The summed E-state index contributed by atoms with van der Waals surface area (Å²) in [5, 5.41) is 8.42. The van der Waals surface area contributed by atoms with E-state index in [9.17, 15) is 19.2 Å². The van der Waals surface area contributed by atoms with E-state index >= 15 is 0 Å². The van der Waals surface area contributed by atoms with E-state index in [4.69, 9.17) is 5.73 Å². The molecule has 194 valence electrons. The first-order valence-electron chi connectivity index (χ1n) is 11.9. The fraction of sp³-hybridized carbons (Fsp3) is 0.600. The maximum atomic E-state index is 13.2. The first-order valence-corrected chi connectivity index (χ1v) is 13.1. The van der Waals surface area contributed by atoms with E-state index in [1.807, 2.05) is 59.1 Å². The number of hydrogen-bond donors (Lipinski definition) is 4. The van der Waals surface area contributed by atoms with Gasteiger partial charge in [-0.2, -0.15) is 0 Å². The third-order valence-corrected chi connectivity index (χ3v) is 6.36. The second-order valence-electron chi connectivity index (χ2n) is 10.7. The molecule has 1 aliphatic rings. The van der Waals surface area contributed by atoms with Crippen molar-refractivity contribution in [2.45, 2.75) is 76.9 Å². The average Bonchev–Trinajstić information content (AvgIpc) is 3.15. The molecule has 1 aliphatic heterocycles. The molecule has 3 atom stereocenters. The number of rotatable bonds is 9. The van der Waals surface area contributed by atoms with Gasteiger partial charge in [0.1, 0.15) is 12.1 Å². The molecule has 1 saturated heterocycles. The Morgan fingerprint density at radius 1 is 1.20 bits per heavy atom. The minimum absolute atomic E-state index is 0.151. The van der Waals surface area contributed by atoms with Gasteiger partial charge in [-0.1, -0.05) is 40.7 Å². The van der Waals surface area contributed by atoms with E-state index in [0.29, 0.717) is 12.1 Å². The second-order valence-corrected chi connectivity index (χ2v) is 11.5. The summed E-state index contributed by atoms with van der Waals surface area (Å²) in [6, 6.07) is 5.02. The molecule has 5 amide bonds. The van der Waals surface area contributed by atoms with Gasteiger partial charge in [0.2, 0.25) is 17.7 Å². The van der Waals surface area contributed by atoms with Crippen LogP contribution in [0.1, 0.15) is 53.9 Å². The standard InChI is InChI=1S/C25H39N5O4S/c1-15(2)10-19(22(26)32)29-23(33)20-12-17(14-30(20)21(31)13-25(3,4)5)28-24(34)27-16-8-7-9-18(11-16)35-6/h7-9,11,15,17,19-20H,10,12-14H2,1-6H3,(H2,26,32)(H,29,33)(H2,27,28,34). The Labute approximate surface area is 212 Å². The van der Waals surface area contributed by atoms with Gasteiger partial charge in [-0.15, -0.1) is 11.8 Å². The quantitative estimate of drug-likeness (QED) is 0.383. The number of nitrogens with zero attached hydrogens (tertiary/aromatic N) is 1. The molecule has 35 heavy (non-hydrogen) atoms. The molecule has 0 radical (unpaired) electrons. The second kappa shape index (κ2) is 12.3. The van der Waals surface area contributed by atoms with Crippen LogP contribution in [0.25, 0.3) is 0 Å². The van der Waals surface area contributed by atoms with Crippen molar-refractivity contribution in [1.29, 1.82) is 0 Å². The Hall–Kier alpha value is -2.75. The Morgan fingerprint density at radius 2 is 1.89 bits per heavy atom. The van der Waals surface area contributed by atoms with Gasteiger partial charge in [0, 0.05) is 23.5 Å². The van der Waals surface area contributed by atoms with Crippen molar-refractivity contribution in [2.75, 3.05) is 18.1 Å². The number of carbonyl (C=O) groups excluding carboxylic acids is 4. The lowest BCUT2D eigenvalue weighted by Gasteiger charge is -2.28. The predicted octanol–water partition coefficient (Wildman–Crippen LogP) is 2.95. The highest BCUT2D eigenvalue weighted by atomic mass is 32.2. The highest BCUT2D eigenvalue weighted by molar-refractivity contribution is 7.98. The number of carbonyl (C=O) groups is 4. The SMILES string of the molecule is CSc1cccc(NC(=O)NC2CC(C(=O)NC(CC(C)C)C(N)=O)N(C(=O)CC(C)(C)C)C2)c1. The fourth-order valence-corrected chi connectivity index (χ4v) is 4.52. The molecular formula is C25H39N5O4S. The molecule has 1 aromatic rings. The van der Waals surface area contributed by atoms with Gasteiger partial charge in [-0.3, -0.25) is 14.4 Å². The molecule has 0 spiro atoms. The first-order chi connectivity index (χ1) is 16.3. The number of urea groups is 1. The largest absolute Gasteiger partial charge is 0.368 e. The highest BCUT2D eigenvalue weighted by Crippen LogP contribution is 2.26. The van der Waals surface area contributed by atoms with E-state index in [1.54, 1.807) is 17.8 Å². The summed E-state index contributed by atoms with van der Waals surface area (Å²) in [7, 11) is 0. The lowest BCUT2D eigenvalue weighted by Crippen LogP contribution is -2.52. The van der Waals surface area contributed by atoms with Crippen LogP contribution in [0, 0.1) is 11.3 Å². The summed E-state index contributed by atoms with van der Waals surface area (Å²) in [5.41, 5.74) is 5.88. The number of hydrogen-bond acceptors (Lipinski definition) is 5. The summed E-state index contributed by atoms with van der Waals surface area (Å²) in [6.07, 6.45) is 2.86. The third kappa shape index (κ3) is 9.08. The van der Waals surface area contributed by atoms with Crippen molar-refractivity contribution in [3.05, 3.63) is 24.3 Å². The minimum Gasteiger partial charge on any atom is -0.368 e. The summed E-state index contributed by atoms with van der Waals surface area (Å²) in [4.78, 5) is 53.3. The maximum Gasteiger partial charge on any atom is 0.319 e. The van der Waals surface area contributed by atoms with Crippen molar-refractivity contribution < 1.29 is 19.2 Å². The minimum atomic E-state index is -0.818. The van der Waals surface area contributed by atoms with Crippen LogP contribution in [-0.4, -0.2) is 59.6 Å². The number of thioether (sulfide) groups is 1. The smallest absolute Gasteiger partial charge is 0.319 e. The Kier molecular flexibility index (Phi) is 10.00. The summed E-state index contributed by atoms with van der Waals surface area (Å²) < 4.78 is 0. The fourth-order valence-electron chi connectivity index (χ4n) is 4.06. The molecule has 0 saturated carbocycles. The van der Waals surface area contributed by atoms with Gasteiger partial charge < -0.3 is 26.6 Å². The molecule has 1 heterocycles. The van der Waals surface area contributed by atoms with Crippen LogP contribution in [0.5, 0.6) is 0 Å². The Bertz CT molecular complexity index is 931. The molecule has 0 bridgehead atoms. The number of amides is 5. The van der Waals surface area contributed by atoms with Gasteiger partial charge in [-0.25, -0.2) is 4.79 Å². The van der Waals surface area contributed by atoms with Crippen molar-refractivity contribution in [3.8, 4) is 0 Å².